The number of rotatable bonds is 3. The Morgan fingerprint density at radius 1 is 1.21 bits per heavy atom. The van der Waals surface area contributed by atoms with Gasteiger partial charge in [0, 0.05) is 22.9 Å². The van der Waals surface area contributed by atoms with E-state index in [2.05, 4.69) is 19.2 Å². The Balaban J connectivity index is 1.99. The average molecular weight is 318 g/mol. The van der Waals surface area contributed by atoms with Crippen LogP contribution in [-0.4, -0.2) is 12.9 Å². The first-order valence-electron chi connectivity index (χ1n) is 7.68. The fraction of sp³-hybridized carbons (Fsp3) is 0.200. The molecule has 0 aromatic heterocycles. The molecule has 4 nitrogen and oxygen atoms in total. The van der Waals surface area contributed by atoms with Gasteiger partial charge in [-0.15, -0.1) is 0 Å². The van der Waals surface area contributed by atoms with Gasteiger partial charge >= 0.3 is 0 Å². The molecule has 1 heterocycles. The molecule has 1 N–H and O–H groups in total. The van der Waals surface area contributed by atoms with E-state index >= 15 is 0 Å². The maximum atomic E-state index is 12.5. The first kappa shape index (κ1) is 15.8. The first-order valence-corrected chi connectivity index (χ1v) is 7.68. The predicted molar refractivity (Wildman–Crippen MR) is 92.6 cm³/mol. The lowest BCUT2D eigenvalue weighted by molar-refractivity contribution is 0.104. The normalized spacial score (nSPS) is 16.2. The van der Waals surface area contributed by atoms with Crippen molar-refractivity contribution in [3.63, 3.8) is 0 Å². The molecule has 3 rings (SSSR count). The zero-order valence-corrected chi connectivity index (χ0v) is 13.9. The van der Waals surface area contributed by atoms with Gasteiger partial charge in [-0.3, -0.25) is 4.79 Å². The minimum atomic E-state index is -0.252. The van der Waals surface area contributed by atoms with Crippen molar-refractivity contribution in [1.29, 1.82) is 5.26 Å². The van der Waals surface area contributed by atoms with E-state index in [0.717, 1.165) is 22.6 Å². The lowest BCUT2D eigenvalue weighted by Crippen LogP contribution is -2.28. The smallest absolute Gasteiger partial charge is 0.187 e. The maximum absolute atomic E-state index is 12.5. The summed E-state index contributed by atoms with van der Waals surface area (Å²) in [6, 6.07) is 14.6. The highest BCUT2D eigenvalue weighted by atomic mass is 16.5. The number of fused-ring (bicyclic) bond motifs is 1. The van der Waals surface area contributed by atoms with E-state index in [1.165, 1.54) is 0 Å². The van der Waals surface area contributed by atoms with Crippen molar-refractivity contribution in [3.05, 3.63) is 70.8 Å². The number of carbonyl (C=O) groups excluding carboxylic acids is 1. The van der Waals surface area contributed by atoms with Crippen LogP contribution in [0.3, 0.4) is 0 Å². The molecule has 2 aromatic carbocycles. The Morgan fingerprint density at radius 3 is 2.54 bits per heavy atom. The summed E-state index contributed by atoms with van der Waals surface area (Å²) in [6.07, 6.45) is 1.61. The molecule has 4 heteroatoms. The number of benzene rings is 2. The SMILES string of the molecule is COc1ccc2c(c1)/C(=C/C(=O)c1ccc(C#N)cc1)NC2(C)C. The maximum Gasteiger partial charge on any atom is 0.187 e. The number of hydrogen-bond acceptors (Lipinski definition) is 4. The molecule has 0 bridgehead atoms. The van der Waals surface area contributed by atoms with E-state index in [-0.39, 0.29) is 11.3 Å². The van der Waals surface area contributed by atoms with Crippen molar-refractivity contribution >= 4 is 11.5 Å². The summed E-state index contributed by atoms with van der Waals surface area (Å²) in [5, 5.41) is 12.2. The van der Waals surface area contributed by atoms with Gasteiger partial charge in [-0.1, -0.05) is 6.07 Å². The van der Waals surface area contributed by atoms with Crippen LogP contribution in [0.25, 0.3) is 5.70 Å². The summed E-state index contributed by atoms with van der Waals surface area (Å²) in [4.78, 5) is 12.5. The van der Waals surface area contributed by atoms with Gasteiger partial charge < -0.3 is 10.1 Å². The second-order valence-electron chi connectivity index (χ2n) is 6.27. The highest BCUT2D eigenvalue weighted by molar-refractivity contribution is 6.09. The average Bonchev–Trinajstić information content (AvgIpc) is 2.84. The third-order valence-electron chi connectivity index (χ3n) is 4.21. The molecule has 120 valence electrons. The van der Waals surface area contributed by atoms with Crippen LogP contribution in [-0.2, 0) is 5.54 Å². The van der Waals surface area contributed by atoms with Crippen molar-refractivity contribution in [2.75, 3.05) is 7.11 Å². The summed E-state index contributed by atoms with van der Waals surface area (Å²) < 4.78 is 5.30. The van der Waals surface area contributed by atoms with Crippen molar-refractivity contribution in [1.82, 2.24) is 5.32 Å². The van der Waals surface area contributed by atoms with E-state index in [0.29, 0.717) is 11.1 Å². The van der Waals surface area contributed by atoms with Crippen LogP contribution in [0.4, 0.5) is 0 Å². The highest BCUT2D eigenvalue weighted by Crippen LogP contribution is 2.38. The lowest BCUT2D eigenvalue weighted by atomic mass is 9.94. The Labute approximate surface area is 141 Å². The number of ketones is 1. The summed E-state index contributed by atoms with van der Waals surface area (Å²) in [6.45, 7) is 4.15. The van der Waals surface area contributed by atoms with E-state index < -0.39 is 0 Å². The number of allylic oxidation sites excluding steroid dienone is 1. The molecule has 0 saturated heterocycles. The Morgan fingerprint density at radius 2 is 1.92 bits per heavy atom. The van der Waals surface area contributed by atoms with Gasteiger partial charge in [-0.2, -0.15) is 5.26 Å². The number of nitrogens with zero attached hydrogens (tertiary/aromatic N) is 1. The fourth-order valence-corrected chi connectivity index (χ4v) is 2.93. The Kier molecular flexibility index (Phi) is 3.86. The number of nitriles is 1. The van der Waals surface area contributed by atoms with Gasteiger partial charge in [0.25, 0.3) is 0 Å². The number of nitrogens with one attached hydrogen (secondary N) is 1. The quantitative estimate of drug-likeness (QED) is 0.693. The summed E-state index contributed by atoms with van der Waals surface area (Å²) >= 11 is 0. The molecule has 0 radical (unpaired) electrons. The van der Waals surface area contributed by atoms with Crippen LogP contribution < -0.4 is 10.1 Å². The fourth-order valence-electron chi connectivity index (χ4n) is 2.93. The van der Waals surface area contributed by atoms with Gasteiger partial charge in [0.1, 0.15) is 5.75 Å². The molecule has 0 spiro atoms. The molecular formula is C20H18N2O2. The molecule has 2 aromatic rings. The molecular weight excluding hydrogens is 300 g/mol. The zero-order chi connectivity index (χ0) is 17.3. The molecule has 0 atom stereocenters. The van der Waals surface area contributed by atoms with Gasteiger partial charge in [0.05, 0.1) is 24.3 Å². The van der Waals surface area contributed by atoms with Gasteiger partial charge in [0.15, 0.2) is 5.78 Å². The van der Waals surface area contributed by atoms with E-state index in [4.69, 9.17) is 10.00 Å². The second-order valence-corrected chi connectivity index (χ2v) is 6.27. The van der Waals surface area contributed by atoms with E-state index in [1.807, 2.05) is 24.3 Å². The molecule has 0 aliphatic carbocycles. The van der Waals surface area contributed by atoms with Gasteiger partial charge in [-0.25, -0.2) is 0 Å². The van der Waals surface area contributed by atoms with Crippen molar-refractivity contribution in [3.8, 4) is 11.8 Å². The number of carbonyl (C=O) groups is 1. The largest absolute Gasteiger partial charge is 0.497 e. The molecule has 0 fully saturated rings. The minimum absolute atomic E-state index is 0.103. The zero-order valence-electron chi connectivity index (χ0n) is 13.9. The van der Waals surface area contributed by atoms with Gasteiger partial charge in [0.2, 0.25) is 0 Å². The third kappa shape index (κ3) is 2.77. The van der Waals surface area contributed by atoms with Crippen LogP contribution in [0.1, 0.15) is 40.9 Å². The molecule has 1 aliphatic heterocycles. The first-order chi connectivity index (χ1) is 11.4. The van der Waals surface area contributed by atoms with Crippen LogP contribution in [0.2, 0.25) is 0 Å². The standard InChI is InChI=1S/C20H18N2O2/c1-20(2)17-9-8-15(24-3)10-16(17)18(22-20)11-19(23)14-6-4-13(12-21)5-7-14/h4-11,22H,1-3H3/b18-11-. The van der Waals surface area contributed by atoms with Crippen LogP contribution in [0.15, 0.2) is 48.5 Å². The third-order valence-corrected chi connectivity index (χ3v) is 4.21. The van der Waals surface area contributed by atoms with Crippen molar-refractivity contribution in [2.24, 2.45) is 0 Å². The Hall–Kier alpha value is -3.06. The molecule has 0 amide bonds. The van der Waals surface area contributed by atoms with E-state index in [9.17, 15) is 4.79 Å². The second kappa shape index (κ2) is 5.86. The summed E-state index contributed by atoms with van der Waals surface area (Å²) in [5.41, 5.74) is 3.72. The predicted octanol–water partition coefficient (Wildman–Crippen LogP) is 3.63. The molecule has 0 unspecified atom stereocenters. The number of hydrogen-bond donors (Lipinski definition) is 1. The molecule has 1 aliphatic rings. The number of ether oxygens (including phenoxy) is 1. The van der Waals surface area contributed by atoms with Crippen LogP contribution in [0.5, 0.6) is 5.75 Å². The van der Waals surface area contributed by atoms with Gasteiger partial charge in [-0.05, 0) is 55.8 Å². The summed E-state index contributed by atoms with van der Waals surface area (Å²) in [5.74, 6) is 0.651. The minimum Gasteiger partial charge on any atom is -0.497 e. The molecule has 24 heavy (non-hydrogen) atoms. The molecule has 0 saturated carbocycles. The van der Waals surface area contributed by atoms with Crippen molar-refractivity contribution < 1.29 is 9.53 Å². The van der Waals surface area contributed by atoms with E-state index in [1.54, 1.807) is 37.5 Å². The lowest BCUT2D eigenvalue weighted by Gasteiger charge is -2.20. The Bertz CT molecular complexity index is 872. The topological polar surface area (TPSA) is 62.1 Å². The summed E-state index contributed by atoms with van der Waals surface area (Å²) in [7, 11) is 1.63. The van der Waals surface area contributed by atoms with Crippen LogP contribution >= 0.6 is 0 Å². The number of methoxy groups -OCH3 is 1. The van der Waals surface area contributed by atoms with Crippen LogP contribution in [0, 0.1) is 11.3 Å². The monoisotopic (exact) mass is 318 g/mol. The highest BCUT2D eigenvalue weighted by Gasteiger charge is 2.33. The van der Waals surface area contributed by atoms with Crippen molar-refractivity contribution in [2.45, 2.75) is 19.4 Å².